The molecule has 146 valence electrons. The third-order valence-corrected chi connectivity index (χ3v) is 4.69. The highest BCUT2D eigenvalue weighted by Crippen LogP contribution is 2.21. The van der Waals surface area contributed by atoms with Crippen molar-refractivity contribution in [3.05, 3.63) is 65.1 Å². The lowest BCUT2D eigenvalue weighted by Crippen LogP contribution is -2.23. The topological polar surface area (TPSA) is 73.2 Å². The second kappa shape index (κ2) is 8.21. The number of Topliss-reactive ketones (excluding diaryl/α,β-unsaturated/α-hetero) is 1. The van der Waals surface area contributed by atoms with Crippen molar-refractivity contribution in [1.82, 2.24) is 9.55 Å². The van der Waals surface area contributed by atoms with E-state index in [0.29, 0.717) is 35.8 Å². The van der Waals surface area contributed by atoms with Gasteiger partial charge < -0.3 is 14.6 Å². The maximum absolute atomic E-state index is 13.2. The van der Waals surface area contributed by atoms with Crippen molar-refractivity contribution < 1.29 is 18.7 Å². The minimum Gasteiger partial charge on any atom is -0.481 e. The Labute approximate surface area is 162 Å². The van der Waals surface area contributed by atoms with E-state index in [9.17, 15) is 14.0 Å². The highest BCUT2D eigenvalue weighted by Gasteiger charge is 2.23. The third-order valence-electron chi connectivity index (χ3n) is 4.69. The average molecular weight is 383 g/mol. The quantitative estimate of drug-likeness (QED) is 0.612. The second-order valence-corrected chi connectivity index (χ2v) is 6.63. The number of halogens is 1. The Hall–Kier alpha value is -3.22. The molecule has 1 unspecified atom stereocenters. The Morgan fingerprint density at radius 1 is 1.36 bits per heavy atom. The molecule has 0 radical (unpaired) electrons. The van der Waals surface area contributed by atoms with Crippen LogP contribution in [0.1, 0.15) is 28.2 Å². The smallest absolute Gasteiger partial charge is 0.296 e. The number of aryl methyl sites for hydroxylation is 1. The molecule has 2 heterocycles. The SMILES string of the molecule is COc1cc(NC(=O)C(=O)c2cc(C)n(CC3=CCC(F)C=C3)c2C)ccn1. The van der Waals surface area contributed by atoms with Gasteiger partial charge in [0.25, 0.3) is 11.7 Å². The number of alkyl halides is 1. The molecule has 2 aromatic heterocycles. The number of hydrogen-bond acceptors (Lipinski definition) is 4. The molecule has 2 aromatic rings. The summed E-state index contributed by atoms with van der Waals surface area (Å²) in [5.74, 6) is -1.01. The first-order valence-corrected chi connectivity index (χ1v) is 8.92. The molecule has 3 rings (SSSR count). The molecule has 0 saturated carbocycles. The molecule has 0 aliphatic heterocycles. The van der Waals surface area contributed by atoms with Crippen molar-refractivity contribution in [2.45, 2.75) is 33.0 Å². The largest absolute Gasteiger partial charge is 0.481 e. The maximum Gasteiger partial charge on any atom is 0.296 e. The van der Waals surface area contributed by atoms with Gasteiger partial charge in [-0.2, -0.15) is 0 Å². The van der Waals surface area contributed by atoms with E-state index in [1.807, 2.05) is 17.6 Å². The molecule has 0 bridgehead atoms. The van der Waals surface area contributed by atoms with Crippen LogP contribution in [-0.2, 0) is 11.3 Å². The molecular weight excluding hydrogens is 361 g/mol. The van der Waals surface area contributed by atoms with Crippen molar-refractivity contribution in [3.8, 4) is 5.88 Å². The van der Waals surface area contributed by atoms with E-state index in [2.05, 4.69) is 10.3 Å². The van der Waals surface area contributed by atoms with Gasteiger partial charge in [-0.3, -0.25) is 9.59 Å². The molecule has 1 aliphatic rings. The number of nitrogens with zero attached hydrogens (tertiary/aromatic N) is 2. The number of anilines is 1. The molecule has 28 heavy (non-hydrogen) atoms. The summed E-state index contributed by atoms with van der Waals surface area (Å²) in [6.07, 6.45) is 6.05. The molecule has 0 spiro atoms. The molecule has 1 aliphatic carbocycles. The van der Waals surface area contributed by atoms with Gasteiger partial charge in [0, 0.05) is 47.9 Å². The number of allylic oxidation sites excluding steroid dienone is 4. The Morgan fingerprint density at radius 2 is 2.14 bits per heavy atom. The standard InChI is InChI=1S/C21H22FN3O3/c1-13-10-18(14(2)25(13)12-15-4-6-16(22)7-5-15)20(26)21(27)24-17-8-9-23-19(11-17)28-3/h4-6,8-11,16H,7,12H2,1-3H3,(H,23,24,27). The van der Waals surface area contributed by atoms with Crippen LogP contribution in [0.2, 0.25) is 0 Å². The zero-order valence-corrected chi connectivity index (χ0v) is 16.0. The van der Waals surface area contributed by atoms with Crippen LogP contribution in [0.25, 0.3) is 0 Å². The first kappa shape index (κ1) is 19.5. The van der Waals surface area contributed by atoms with E-state index in [4.69, 9.17) is 4.74 Å². The van der Waals surface area contributed by atoms with E-state index in [-0.39, 0.29) is 0 Å². The number of pyridine rings is 1. The number of ketones is 1. The Kier molecular flexibility index (Phi) is 5.73. The fourth-order valence-electron chi connectivity index (χ4n) is 3.12. The fraction of sp³-hybridized carbons (Fsp3) is 0.286. The van der Waals surface area contributed by atoms with Crippen molar-refractivity contribution >= 4 is 17.4 Å². The van der Waals surface area contributed by atoms with Crippen LogP contribution in [-0.4, -0.2) is 34.5 Å². The minimum atomic E-state index is -0.941. The predicted octanol–water partition coefficient (Wildman–Crippen LogP) is 3.55. The van der Waals surface area contributed by atoms with Crippen molar-refractivity contribution in [3.63, 3.8) is 0 Å². The summed E-state index contributed by atoms with van der Waals surface area (Å²) >= 11 is 0. The first-order chi connectivity index (χ1) is 13.4. The van der Waals surface area contributed by atoms with Gasteiger partial charge in [-0.25, -0.2) is 9.37 Å². The van der Waals surface area contributed by atoms with E-state index >= 15 is 0 Å². The van der Waals surface area contributed by atoms with Gasteiger partial charge in [-0.1, -0.05) is 18.2 Å². The molecule has 6 nitrogen and oxygen atoms in total. The number of aromatic nitrogens is 2. The normalized spacial score (nSPS) is 15.9. The molecular formula is C21H22FN3O3. The summed E-state index contributed by atoms with van der Waals surface area (Å²) in [4.78, 5) is 29.1. The van der Waals surface area contributed by atoms with Crippen LogP contribution in [0.3, 0.4) is 0 Å². The first-order valence-electron chi connectivity index (χ1n) is 8.92. The molecule has 1 atom stereocenters. The maximum atomic E-state index is 13.2. The Bertz CT molecular complexity index is 975. The summed E-state index contributed by atoms with van der Waals surface area (Å²) in [6.45, 7) is 4.20. The summed E-state index contributed by atoms with van der Waals surface area (Å²) in [7, 11) is 1.47. The number of rotatable bonds is 6. The summed E-state index contributed by atoms with van der Waals surface area (Å²) in [5, 5.41) is 2.58. The lowest BCUT2D eigenvalue weighted by Gasteiger charge is -2.14. The van der Waals surface area contributed by atoms with Crippen molar-refractivity contribution in [2.24, 2.45) is 0 Å². The summed E-state index contributed by atoms with van der Waals surface area (Å²) in [5.41, 5.74) is 3.30. The fourth-order valence-corrected chi connectivity index (χ4v) is 3.12. The Balaban J connectivity index is 1.76. The number of carbonyl (C=O) groups is 2. The zero-order valence-electron chi connectivity index (χ0n) is 16.0. The van der Waals surface area contributed by atoms with Gasteiger partial charge >= 0.3 is 0 Å². The number of amides is 1. The minimum absolute atomic E-state index is 0.341. The van der Waals surface area contributed by atoms with Gasteiger partial charge in [0.05, 0.1) is 7.11 Å². The van der Waals surface area contributed by atoms with Crippen LogP contribution in [0.15, 0.2) is 48.2 Å². The predicted molar refractivity (Wildman–Crippen MR) is 104 cm³/mol. The van der Waals surface area contributed by atoms with Gasteiger partial charge in [-0.15, -0.1) is 0 Å². The molecule has 1 amide bonds. The molecule has 1 N–H and O–H groups in total. The van der Waals surface area contributed by atoms with E-state index < -0.39 is 17.9 Å². The van der Waals surface area contributed by atoms with Crippen LogP contribution >= 0.6 is 0 Å². The van der Waals surface area contributed by atoms with E-state index in [0.717, 1.165) is 11.3 Å². The van der Waals surface area contributed by atoms with E-state index in [1.54, 1.807) is 25.1 Å². The number of carbonyl (C=O) groups excluding carboxylic acids is 2. The van der Waals surface area contributed by atoms with Crippen LogP contribution < -0.4 is 10.1 Å². The van der Waals surface area contributed by atoms with Gasteiger partial charge in [0.2, 0.25) is 5.88 Å². The highest BCUT2D eigenvalue weighted by molar-refractivity contribution is 6.46. The number of nitrogens with one attached hydrogen (secondary N) is 1. The van der Waals surface area contributed by atoms with Gasteiger partial charge in [-0.05, 0) is 31.6 Å². The van der Waals surface area contributed by atoms with Crippen LogP contribution in [0.4, 0.5) is 10.1 Å². The monoisotopic (exact) mass is 383 g/mol. The number of methoxy groups -OCH3 is 1. The Morgan fingerprint density at radius 3 is 2.82 bits per heavy atom. The van der Waals surface area contributed by atoms with Crippen LogP contribution in [0.5, 0.6) is 5.88 Å². The zero-order chi connectivity index (χ0) is 20.3. The van der Waals surface area contributed by atoms with E-state index in [1.165, 1.54) is 25.4 Å². The molecule has 0 fully saturated rings. The summed E-state index contributed by atoms with van der Waals surface area (Å²) < 4.78 is 20.2. The van der Waals surface area contributed by atoms with Gasteiger partial charge in [0.15, 0.2) is 0 Å². The third kappa shape index (κ3) is 4.19. The second-order valence-electron chi connectivity index (χ2n) is 6.63. The molecule has 7 heteroatoms. The highest BCUT2D eigenvalue weighted by atomic mass is 19.1. The summed E-state index contributed by atoms with van der Waals surface area (Å²) in [6, 6.07) is 4.82. The van der Waals surface area contributed by atoms with Crippen molar-refractivity contribution in [2.75, 3.05) is 12.4 Å². The van der Waals surface area contributed by atoms with Crippen molar-refractivity contribution in [1.29, 1.82) is 0 Å². The lowest BCUT2D eigenvalue weighted by atomic mass is 10.1. The number of hydrogen-bond donors (Lipinski definition) is 1. The van der Waals surface area contributed by atoms with Crippen LogP contribution in [0, 0.1) is 13.8 Å². The molecule has 0 saturated heterocycles. The lowest BCUT2D eigenvalue weighted by molar-refractivity contribution is -0.112. The average Bonchev–Trinajstić information content (AvgIpc) is 2.97. The number of ether oxygens (including phenoxy) is 1. The van der Waals surface area contributed by atoms with Gasteiger partial charge in [0.1, 0.15) is 6.17 Å². The molecule has 0 aromatic carbocycles.